The van der Waals surface area contributed by atoms with E-state index >= 15 is 0 Å². The molecule has 1 aromatic rings. The van der Waals surface area contributed by atoms with E-state index in [9.17, 15) is 8.78 Å². The van der Waals surface area contributed by atoms with E-state index in [1.807, 2.05) is 5.43 Å². The van der Waals surface area contributed by atoms with Crippen LogP contribution in [0.4, 0.5) is 8.78 Å². The number of hydrogen-bond acceptors (Lipinski definition) is 4. The molecule has 1 rings (SSSR count). The maximum absolute atomic E-state index is 12.6. The SMILES string of the molecule is NNC(c1cnccn1)C(F)(F)Cl. The highest BCUT2D eigenvalue weighted by molar-refractivity contribution is 6.22. The highest BCUT2D eigenvalue weighted by Gasteiger charge is 2.38. The molecule has 0 aliphatic heterocycles. The van der Waals surface area contributed by atoms with Crippen molar-refractivity contribution in [2.24, 2.45) is 5.84 Å². The second-order valence-corrected chi connectivity index (χ2v) is 2.78. The summed E-state index contributed by atoms with van der Waals surface area (Å²) in [4.78, 5) is 7.26. The van der Waals surface area contributed by atoms with Gasteiger partial charge in [0, 0.05) is 12.4 Å². The molecule has 0 saturated heterocycles. The Hall–Kier alpha value is -0.850. The summed E-state index contributed by atoms with van der Waals surface area (Å²) in [5.74, 6) is 4.91. The number of halogens is 3. The minimum atomic E-state index is -3.50. The summed E-state index contributed by atoms with van der Waals surface area (Å²) in [6, 6.07) is -1.54. The predicted octanol–water partition coefficient (Wildman–Crippen LogP) is 0.813. The highest BCUT2D eigenvalue weighted by atomic mass is 35.5. The minimum absolute atomic E-state index is 0.00926. The van der Waals surface area contributed by atoms with Crippen LogP contribution in [0.1, 0.15) is 11.7 Å². The topological polar surface area (TPSA) is 63.8 Å². The van der Waals surface area contributed by atoms with Crippen LogP contribution in [0.3, 0.4) is 0 Å². The lowest BCUT2D eigenvalue weighted by Crippen LogP contribution is -2.38. The van der Waals surface area contributed by atoms with E-state index in [1.165, 1.54) is 18.6 Å². The molecule has 0 aliphatic carbocycles. The van der Waals surface area contributed by atoms with E-state index in [4.69, 9.17) is 17.4 Å². The van der Waals surface area contributed by atoms with Gasteiger partial charge in [-0.25, -0.2) is 5.43 Å². The summed E-state index contributed by atoms with van der Waals surface area (Å²) in [7, 11) is 0. The van der Waals surface area contributed by atoms with Crippen molar-refractivity contribution in [2.75, 3.05) is 0 Å². The van der Waals surface area contributed by atoms with E-state index in [-0.39, 0.29) is 5.69 Å². The van der Waals surface area contributed by atoms with E-state index in [2.05, 4.69) is 9.97 Å². The van der Waals surface area contributed by atoms with Crippen LogP contribution in [0.5, 0.6) is 0 Å². The first-order valence-electron chi connectivity index (χ1n) is 3.34. The number of alkyl halides is 3. The molecule has 0 radical (unpaired) electrons. The first kappa shape index (κ1) is 10.2. The quantitative estimate of drug-likeness (QED) is 0.438. The standard InChI is InChI=1S/C6H7ClF2N4/c7-6(8,9)5(13-10)4-3-11-1-2-12-4/h1-3,5,13H,10H2. The molecule has 0 aromatic carbocycles. The van der Waals surface area contributed by atoms with Crippen molar-refractivity contribution in [2.45, 2.75) is 11.4 Å². The average Bonchev–Trinajstić information content (AvgIpc) is 2.05. The van der Waals surface area contributed by atoms with Crippen LogP contribution in [0.15, 0.2) is 18.6 Å². The van der Waals surface area contributed by atoms with Crippen LogP contribution in [-0.4, -0.2) is 15.3 Å². The lowest BCUT2D eigenvalue weighted by molar-refractivity contribution is 0.0479. The highest BCUT2D eigenvalue weighted by Crippen LogP contribution is 2.32. The summed E-state index contributed by atoms with van der Waals surface area (Å²) < 4.78 is 25.3. The lowest BCUT2D eigenvalue weighted by Gasteiger charge is -2.19. The Labute approximate surface area is 78.1 Å². The molecule has 13 heavy (non-hydrogen) atoms. The fraction of sp³-hybridized carbons (Fsp3) is 0.333. The second-order valence-electron chi connectivity index (χ2n) is 2.27. The first-order chi connectivity index (χ1) is 6.05. The Bertz CT molecular complexity index is 263. The molecule has 3 N–H and O–H groups in total. The van der Waals surface area contributed by atoms with Crippen molar-refractivity contribution in [1.82, 2.24) is 15.4 Å². The Morgan fingerprint density at radius 1 is 1.54 bits per heavy atom. The molecule has 4 nitrogen and oxygen atoms in total. The molecule has 0 aliphatic rings. The van der Waals surface area contributed by atoms with E-state index in [0.29, 0.717) is 0 Å². The zero-order valence-electron chi connectivity index (χ0n) is 6.42. The third-order valence-electron chi connectivity index (χ3n) is 1.37. The van der Waals surface area contributed by atoms with Crippen molar-refractivity contribution in [3.05, 3.63) is 24.3 Å². The van der Waals surface area contributed by atoms with Crippen LogP contribution in [0.25, 0.3) is 0 Å². The van der Waals surface area contributed by atoms with Crippen LogP contribution < -0.4 is 11.3 Å². The van der Waals surface area contributed by atoms with Gasteiger partial charge in [-0.05, 0) is 11.6 Å². The zero-order valence-corrected chi connectivity index (χ0v) is 7.17. The number of nitrogens with one attached hydrogen (secondary N) is 1. The first-order valence-corrected chi connectivity index (χ1v) is 3.72. The molecule has 0 saturated carbocycles. The molecule has 0 fully saturated rings. The van der Waals surface area contributed by atoms with E-state index in [0.717, 1.165) is 0 Å². The van der Waals surface area contributed by atoms with Crippen molar-refractivity contribution >= 4 is 11.6 Å². The van der Waals surface area contributed by atoms with Gasteiger partial charge in [0.05, 0.1) is 11.9 Å². The second kappa shape index (κ2) is 3.91. The fourth-order valence-corrected chi connectivity index (χ4v) is 0.982. The van der Waals surface area contributed by atoms with Crippen molar-refractivity contribution in [3.63, 3.8) is 0 Å². The number of rotatable bonds is 3. The van der Waals surface area contributed by atoms with Gasteiger partial charge >= 0.3 is 5.38 Å². The van der Waals surface area contributed by atoms with E-state index < -0.39 is 11.4 Å². The average molecular weight is 209 g/mol. The van der Waals surface area contributed by atoms with Crippen LogP contribution in [-0.2, 0) is 0 Å². The van der Waals surface area contributed by atoms with E-state index in [1.54, 1.807) is 0 Å². The van der Waals surface area contributed by atoms with Crippen molar-refractivity contribution in [3.8, 4) is 0 Å². The molecule has 1 aromatic heterocycles. The summed E-state index contributed by atoms with van der Waals surface area (Å²) in [6.45, 7) is 0. The third kappa shape index (κ3) is 2.55. The minimum Gasteiger partial charge on any atom is -0.271 e. The lowest BCUT2D eigenvalue weighted by atomic mass is 10.2. The maximum Gasteiger partial charge on any atom is 0.343 e. The Kier molecular flexibility index (Phi) is 3.07. The predicted molar refractivity (Wildman–Crippen MR) is 42.9 cm³/mol. The number of aromatic nitrogens is 2. The normalized spacial score (nSPS) is 14.2. The molecule has 72 valence electrons. The van der Waals surface area contributed by atoms with Gasteiger partial charge in [-0.3, -0.25) is 15.8 Å². The maximum atomic E-state index is 12.6. The zero-order chi connectivity index (χ0) is 9.90. The number of hydrazine groups is 1. The summed E-state index contributed by atoms with van der Waals surface area (Å²) in [5.41, 5.74) is 1.86. The molecule has 0 amide bonds. The van der Waals surface area contributed by atoms with Crippen LogP contribution in [0.2, 0.25) is 0 Å². The molecular formula is C6H7ClF2N4. The number of nitrogens with two attached hydrogens (primary N) is 1. The van der Waals surface area contributed by atoms with Gasteiger partial charge in [-0.2, -0.15) is 8.78 Å². The van der Waals surface area contributed by atoms with Gasteiger partial charge in [0.2, 0.25) is 0 Å². The molecular weight excluding hydrogens is 202 g/mol. The summed E-state index contributed by atoms with van der Waals surface area (Å²) in [5, 5.41) is -3.50. The van der Waals surface area contributed by atoms with Crippen molar-refractivity contribution < 1.29 is 8.78 Å². The molecule has 1 unspecified atom stereocenters. The van der Waals surface area contributed by atoms with Gasteiger partial charge < -0.3 is 0 Å². The smallest absolute Gasteiger partial charge is 0.271 e. The number of nitrogens with zero attached hydrogens (tertiary/aromatic N) is 2. The third-order valence-corrected chi connectivity index (χ3v) is 1.59. The summed E-state index contributed by atoms with van der Waals surface area (Å²) >= 11 is 4.79. The Morgan fingerprint density at radius 2 is 2.23 bits per heavy atom. The molecule has 0 bridgehead atoms. The van der Waals surface area contributed by atoms with Crippen molar-refractivity contribution in [1.29, 1.82) is 0 Å². The van der Waals surface area contributed by atoms with Crippen LogP contribution >= 0.6 is 11.6 Å². The molecule has 1 atom stereocenters. The van der Waals surface area contributed by atoms with Gasteiger partial charge in [0.1, 0.15) is 6.04 Å². The van der Waals surface area contributed by atoms with Gasteiger partial charge in [0.25, 0.3) is 0 Å². The molecule has 0 spiro atoms. The van der Waals surface area contributed by atoms with Crippen LogP contribution in [0, 0.1) is 0 Å². The monoisotopic (exact) mass is 208 g/mol. The van der Waals surface area contributed by atoms with Gasteiger partial charge in [-0.15, -0.1) is 0 Å². The fourth-order valence-electron chi connectivity index (χ4n) is 0.807. The molecule has 7 heteroatoms. The number of hydrogen-bond donors (Lipinski definition) is 2. The summed E-state index contributed by atoms with van der Waals surface area (Å²) in [6.07, 6.45) is 3.81. The van der Waals surface area contributed by atoms with Gasteiger partial charge in [0.15, 0.2) is 0 Å². The van der Waals surface area contributed by atoms with Gasteiger partial charge in [-0.1, -0.05) is 0 Å². The largest absolute Gasteiger partial charge is 0.343 e. The Balaban J connectivity index is 2.92. The Morgan fingerprint density at radius 3 is 2.62 bits per heavy atom. The molecule has 1 heterocycles.